The van der Waals surface area contributed by atoms with Gasteiger partial charge in [-0.05, 0) is 42.8 Å². The second kappa shape index (κ2) is 7.53. The summed E-state index contributed by atoms with van der Waals surface area (Å²) in [6.07, 6.45) is 0. The highest BCUT2D eigenvalue weighted by Gasteiger charge is 2.13. The molecule has 138 valence electrons. The quantitative estimate of drug-likeness (QED) is 0.762. The molecule has 0 fully saturated rings. The van der Waals surface area contributed by atoms with E-state index in [9.17, 15) is 14.0 Å². The molecule has 6 heteroatoms. The molecule has 2 amide bonds. The van der Waals surface area contributed by atoms with Gasteiger partial charge in [-0.1, -0.05) is 12.1 Å². The van der Waals surface area contributed by atoms with Crippen molar-refractivity contribution in [2.45, 2.75) is 20.4 Å². The average molecular weight is 365 g/mol. The number of carbonyl (C=O) groups is 2. The Bertz CT molecular complexity index is 1030. The van der Waals surface area contributed by atoms with Gasteiger partial charge in [0.15, 0.2) is 0 Å². The summed E-state index contributed by atoms with van der Waals surface area (Å²) in [7, 11) is 1.72. The van der Waals surface area contributed by atoms with Crippen LogP contribution in [0.4, 0.5) is 10.1 Å². The Morgan fingerprint density at radius 3 is 2.67 bits per heavy atom. The lowest BCUT2D eigenvalue weighted by atomic mass is 10.1. The van der Waals surface area contributed by atoms with Crippen LogP contribution >= 0.6 is 0 Å². The van der Waals surface area contributed by atoms with Crippen molar-refractivity contribution < 1.29 is 14.0 Å². The van der Waals surface area contributed by atoms with Gasteiger partial charge in [-0.15, -0.1) is 0 Å². The van der Waals surface area contributed by atoms with Crippen molar-refractivity contribution in [3.63, 3.8) is 0 Å². The summed E-state index contributed by atoms with van der Waals surface area (Å²) in [6, 6.07) is 13.3. The van der Waals surface area contributed by atoms with E-state index >= 15 is 0 Å². The molecule has 2 aromatic carbocycles. The number of fused-ring (bicyclic) bond motifs is 1. The molecule has 5 nitrogen and oxygen atoms in total. The van der Waals surface area contributed by atoms with Crippen LogP contribution in [0.15, 0.2) is 48.5 Å². The number of halogens is 1. The normalized spacial score (nSPS) is 10.7. The third-order valence-electron chi connectivity index (χ3n) is 4.36. The van der Waals surface area contributed by atoms with E-state index in [1.165, 1.54) is 19.1 Å². The van der Waals surface area contributed by atoms with Gasteiger partial charge in [0, 0.05) is 37.7 Å². The molecule has 0 atom stereocenters. The van der Waals surface area contributed by atoms with E-state index in [0.717, 1.165) is 5.56 Å². The fraction of sp³-hybridized carbons (Fsp3) is 0.190. The number of aryl methyl sites for hydroxylation is 1. The molecule has 1 heterocycles. The van der Waals surface area contributed by atoms with Crippen LogP contribution in [0.2, 0.25) is 0 Å². The van der Waals surface area contributed by atoms with Crippen LogP contribution in [0.5, 0.6) is 0 Å². The van der Waals surface area contributed by atoms with Gasteiger partial charge in [-0.2, -0.15) is 0 Å². The van der Waals surface area contributed by atoms with E-state index in [1.54, 1.807) is 37.1 Å². The Morgan fingerprint density at radius 1 is 1.15 bits per heavy atom. The molecule has 0 radical (unpaired) electrons. The van der Waals surface area contributed by atoms with Crippen molar-refractivity contribution >= 4 is 28.4 Å². The standard InChI is InChI=1S/C21H20FN3O2/c1-13-19(10-16-7-8-17(22)11-20(16)23-13)21(27)24-18-6-4-5-15(9-18)12-25(3)14(2)26/h4-11H,12H2,1-3H3,(H,24,27). The van der Waals surface area contributed by atoms with Gasteiger partial charge in [0.2, 0.25) is 5.91 Å². The highest BCUT2D eigenvalue weighted by atomic mass is 19.1. The molecule has 0 aliphatic rings. The first-order valence-corrected chi connectivity index (χ1v) is 8.52. The Hall–Kier alpha value is -3.28. The molecule has 0 spiro atoms. The number of amides is 2. The van der Waals surface area contributed by atoms with E-state index in [1.807, 2.05) is 18.2 Å². The fourth-order valence-corrected chi connectivity index (χ4v) is 2.80. The first-order valence-electron chi connectivity index (χ1n) is 8.52. The lowest BCUT2D eigenvalue weighted by Gasteiger charge is -2.15. The van der Waals surface area contributed by atoms with Gasteiger partial charge in [0.25, 0.3) is 5.91 Å². The summed E-state index contributed by atoms with van der Waals surface area (Å²) < 4.78 is 13.3. The summed E-state index contributed by atoms with van der Waals surface area (Å²) in [5.41, 5.74) is 3.01. The molecule has 0 unspecified atom stereocenters. The third-order valence-corrected chi connectivity index (χ3v) is 4.36. The maximum absolute atomic E-state index is 13.3. The lowest BCUT2D eigenvalue weighted by Crippen LogP contribution is -2.23. The zero-order chi connectivity index (χ0) is 19.6. The van der Waals surface area contributed by atoms with Gasteiger partial charge < -0.3 is 10.2 Å². The van der Waals surface area contributed by atoms with E-state index in [-0.39, 0.29) is 17.6 Å². The third kappa shape index (κ3) is 4.28. The molecule has 1 N–H and O–H groups in total. The van der Waals surface area contributed by atoms with Crippen molar-refractivity contribution in [3.05, 3.63) is 71.2 Å². The lowest BCUT2D eigenvalue weighted by molar-refractivity contribution is -0.128. The van der Waals surface area contributed by atoms with Crippen LogP contribution in [0.1, 0.15) is 28.5 Å². The first-order chi connectivity index (χ1) is 12.8. The number of benzene rings is 2. The van der Waals surface area contributed by atoms with Crippen molar-refractivity contribution in [3.8, 4) is 0 Å². The van der Waals surface area contributed by atoms with Crippen molar-refractivity contribution in [1.29, 1.82) is 0 Å². The average Bonchev–Trinajstić information content (AvgIpc) is 2.61. The Morgan fingerprint density at radius 2 is 1.93 bits per heavy atom. The van der Waals surface area contributed by atoms with Crippen LogP contribution in [0.25, 0.3) is 10.9 Å². The van der Waals surface area contributed by atoms with E-state index in [4.69, 9.17) is 0 Å². The highest BCUT2D eigenvalue weighted by molar-refractivity contribution is 6.06. The first kappa shape index (κ1) is 18.5. The Labute approximate surface area is 156 Å². The van der Waals surface area contributed by atoms with Gasteiger partial charge >= 0.3 is 0 Å². The van der Waals surface area contributed by atoms with Gasteiger partial charge in [0.05, 0.1) is 16.8 Å². The number of carbonyl (C=O) groups excluding carboxylic acids is 2. The predicted octanol–water partition coefficient (Wildman–Crippen LogP) is 3.91. The zero-order valence-corrected chi connectivity index (χ0v) is 15.4. The highest BCUT2D eigenvalue weighted by Crippen LogP contribution is 2.20. The Kier molecular flexibility index (Phi) is 5.16. The topological polar surface area (TPSA) is 62.3 Å². The fourth-order valence-electron chi connectivity index (χ4n) is 2.80. The molecule has 1 aromatic heterocycles. The predicted molar refractivity (Wildman–Crippen MR) is 103 cm³/mol. The molecule has 0 aliphatic carbocycles. The van der Waals surface area contributed by atoms with E-state index in [2.05, 4.69) is 10.3 Å². The summed E-state index contributed by atoms with van der Waals surface area (Å²) in [4.78, 5) is 30.0. The maximum atomic E-state index is 13.3. The molecule has 0 aliphatic heterocycles. The minimum Gasteiger partial charge on any atom is -0.342 e. The SMILES string of the molecule is CC(=O)N(C)Cc1cccc(NC(=O)c2cc3ccc(F)cc3nc2C)c1. The number of nitrogens with zero attached hydrogens (tertiary/aromatic N) is 2. The Balaban J connectivity index is 1.83. The maximum Gasteiger partial charge on any atom is 0.257 e. The number of anilines is 1. The number of rotatable bonds is 4. The number of hydrogen-bond donors (Lipinski definition) is 1. The summed E-state index contributed by atoms with van der Waals surface area (Å²) in [5, 5.41) is 3.56. The van der Waals surface area contributed by atoms with Gasteiger partial charge in [-0.25, -0.2) is 4.39 Å². The van der Waals surface area contributed by atoms with Crippen LogP contribution in [-0.4, -0.2) is 28.7 Å². The van der Waals surface area contributed by atoms with Crippen molar-refractivity contribution in [1.82, 2.24) is 9.88 Å². The molecular formula is C21H20FN3O2. The van der Waals surface area contributed by atoms with Crippen molar-refractivity contribution in [2.75, 3.05) is 12.4 Å². The monoisotopic (exact) mass is 365 g/mol. The van der Waals surface area contributed by atoms with Gasteiger partial charge in [-0.3, -0.25) is 14.6 Å². The number of hydrogen-bond acceptors (Lipinski definition) is 3. The second-order valence-corrected chi connectivity index (χ2v) is 6.49. The molecule has 0 saturated heterocycles. The van der Waals surface area contributed by atoms with Crippen molar-refractivity contribution in [2.24, 2.45) is 0 Å². The number of aromatic nitrogens is 1. The minimum absolute atomic E-state index is 0.0289. The summed E-state index contributed by atoms with van der Waals surface area (Å²) in [6.45, 7) is 3.69. The van der Waals surface area contributed by atoms with Crippen LogP contribution in [0, 0.1) is 12.7 Å². The van der Waals surface area contributed by atoms with Crippen LogP contribution in [-0.2, 0) is 11.3 Å². The number of nitrogens with one attached hydrogen (secondary N) is 1. The van der Waals surface area contributed by atoms with Crippen LogP contribution < -0.4 is 5.32 Å². The largest absolute Gasteiger partial charge is 0.342 e. The molecule has 0 saturated carbocycles. The van der Waals surface area contributed by atoms with Crippen LogP contribution in [0.3, 0.4) is 0 Å². The number of pyridine rings is 1. The summed E-state index contributed by atoms with van der Waals surface area (Å²) >= 11 is 0. The molecule has 3 aromatic rings. The zero-order valence-electron chi connectivity index (χ0n) is 15.4. The van der Waals surface area contributed by atoms with E-state index < -0.39 is 0 Å². The molecule has 3 rings (SSSR count). The summed E-state index contributed by atoms with van der Waals surface area (Å²) in [5.74, 6) is -0.680. The molecule has 27 heavy (non-hydrogen) atoms. The van der Waals surface area contributed by atoms with Gasteiger partial charge in [0.1, 0.15) is 5.82 Å². The molecule has 0 bridgehead atoms. The smallest absolute Gasteiger partial charge is 0.257 e. The molecular weight excluding hydrogens is 345 g/mol. The van der Waals surface area contributed by atoms with E-state index in [0.29, 0.717) is 34.4 Å². The second-order valence-electron chi connectivity index (χ2n) is 6.49. The minimum atomic E-state index is -0.362.